The summed E-state index contributed by atoms with van der Waals surface area (Å²) in [6, 6.07) is 3.04. The van der Waals surface area contributed by atoms with Gasteiger partial charge in [-0.05, 0) is 12.7 Å². The van der Waals surface area contributed by atoms with Crippen molar-refractivity contribution in [3.63, 3.8) is 0 Å². The average Bonchev–Trinajstić information content (AvgIpc) is 2.37. The molecule has 0 saturated carbocycles. The van der Waals surface area contributed by atoms with Crippen LogP contribution in [0.2, 0.25) is 0 Å². The van der Waals surface area contributed by atoms with Crippen LogP contribution < -0.4 is 10.1 Å². The van der Waals surface area contributed by atoms with Crippen LogP contribution in [-0.4, -0.2) is 35.1 Å². The Morgan fingerprint density at radius 3 is 2.83 bits per heavy atom. The Morgan fingerprint density at radius 2 is 2.33 bits per heavy atom. The summed E-state index contributed by atoms with van der Waals surface area (Å²) >= 11 is 1.69. The number of anilines is 1. The summed E-state index contributed by atoms with van der Waals surface area (Å²) in [5.41, 5.74) is -0.0321. The molecule has 1 rings (SSSR count). The van der Waals surface area contributed by atoms with Gasteiger partial charge in [0.05, 0.1) is 12.0 Å². The number of aromatic nitrogens is 1. The second-order valence-electron chi connectivity index (χ2n) is 3.68. The largest absolute Gasteiger partial charge is 0.481 e. The molecule has 1 heterocycles. The van der Waals surface area contributed by atoms with Crippen molar-refractivity contribution in [1.29, 1.82) is 0 Å². The van der Waals surface area contributed by atoms with Gasteiger partial charge in [-0.2, -0.15) is 16.7 Å². The van der Waals surface area contributed by atoms with E-state index < -0.39 is 4.92 Å². The summed E-state index contributed by atoms with van der Waals surface area (Å²) in [6.45, 7) is 2.03. The van der Waals surface area contributed by atoms with Crippen LogP contribution >= 0.6 is 11.8 Å². The zero-order valence-corrected chi connectivity index (χ0v) is 11.5. The molecular weight excluding hydrogens is 254 g/mol. The van der Waals surface area contributed by atoms with Crippen molar-refractivity contribution in [2.75, 3.05) is 24.4 Å². The third kappa shape index (κ3) is 3.76. The highest BCUT2D eigenvalue weighted by molar-refractivity contribution is 7.98. The van der Waals surface area contributed by atoms with E-state index in [-0.39, 0.29) is 17.5 Å². The first-order chi connectivity index (χ1) is 8.62. The van der Waals surface area contributed by atoms with E-state index in [9.17, 15) is 10.1 Å². The van der Waals surface area contributed by atoms with Crippen LogP contribution in [0.5, 0.6) is 5.88 Å². The van der Waals surface area contributed by atoms with E-state index in [0.29, 0.717) is 5.88 Å². The Morgan fingerprint density at radius 1 is 1.61 bits per heavy atom. The molecule has 1 atom stereocenters. The van der Waals surface area contributed by atoms with Crippen molar-refractivity contribution in [2.24, 2.45) is 0 Å². The summed E-state index contributed by atoms with van der Waals surface area (Å²) in [7, 11) is 1.48. The minimum atomic E-state index is -0.444. The number of pyridine rings is 1. The summed E-state index contributed by atoms with van der Waals surface area (Å²) < 4.78 is 4.99. The number of ether oxygens (including phenoxy) is 1. The number of thioether (sulfide) groups is 1. The smallest absolute Gasteiger partial charge is 0.311 e. The predicted molar refractivity (Wildman–Crippen MR) is 73.5 cm³/mol. The van der Waals surface area contributed by atoms with Crippen LogP contribution in [-0.2, 0) is 0 Å². The maximum Gasteiger partial charge on any atom is 0.311 e. The number of hydrogen-bond donors (Lipinski definition) is 1. The Bertz CT molecular complexity index is 415. The average molecular weight is 271 g/mol. The van der Waals surface area contributed by atoms with E-state index in [1.165, 1.54) is 19.2 Å². The predicted octanol–water partition coefficient (Wildman–Crippen LogP) is 2.55. The number of rotatable bonds is 7. The van der Waals surface area contributed by atoms with Gasteiger partial charge in [0, 0.05) is 23.9 Å². The van der Waals surface area contributed by atoms with Crippen LogP contribution in [0.1, 0.15) is 13.3 Å². The number of methoxy groups -OCH3 is 1. The Kier molecular flexibility index (Phi) is 5.70. The molecule has 0 radical (unpaired) electrons. The molecule has 1 unspecified atom stereocenters. The van der Waals surface area contributed by atoms with E-state index >= 15 is 0 Å². The zero-order chi connectivity index (χ0) is 13.5. The van der Waals surface area contributed by atoms with Crippen molar-refractivity contribution < 1.29 is 9.66 Å². The van der Waals surface area contributed by atoms with Crippen molar-refractivity contribution in [3.05, 3.63) is 22.2 Å². The van der Waals surface area contributed by atoms with Crippen LogP contribution in [0, 0.1) is 10.1 Å². The minimum absolute atomic E-state index is 0.0321. The third-order valence-corrected chi connectivity index (χ3v) is 3.19. The van der Waals surface area contributed by atoms with Gasteiger partial charge in [-0.15, -0.1) is 0 Å². The second kappa shape index (κ2) is 7.05. The molecule has 1 aromatic heterocycles. The standard InChI is InChI=1S/C11H17N3O3S/c1-4-8(7-18-3)12-11-9(14(15)16)5-6-10(13-11)17-2/h5-6,8H,4,7H2,1-3H3,(H,12,13). The van der Waals surface area contributed by atoms with Crippen molar-refractivity contribution in [1.82, 2.24) is 4.98 Å². The van der Waals surface area contributed by atoms with E-state index in [2.05, 4.69) is 10.3 Å². The fourth-order valence-electron chi connectivity index (χ4n) is 1.46. The second-order valence-corrected chi connectivity index (χ2v) is 4.59. The van der Waals surface area contributed by atoms with Gasteiger partial charge in [-0.1, -0.05) is 6.92 Å². The topological polar surface area (TPSA) is 77.3 Å². The first-order valence-corrected chi connectivity index (χ1v) is 6.96. The van der Waals surface area contributed by atoms with Crippen LogP contribution in [0.4, 0.5) is 11.5 Å². The maximum absolute atomic E-state index is 10.9. The summed E-state index contributed by atoms with van der Waals surface area (Å²) in [6.07, 6.45) is 2.87. The maximum atomic E-state index is 10.9. The van der Waals surface area contributed by atoms with Crippen molar-refractivity contribution >= 4 is 23.3 Å². The highest BCUT2D eigenvalue weighted by atomic mass is 32.2. The van der Waals surface area contributed by atoms with E-state index in [1.807, 2.05) is 13.2 Å². The van der Waals surface area contributed by atoms with Gasteiger partial charge < -0.3 is 10.1 Å². The molecule has 0 amide bonds. The highest BCUT2D eigenvalue weighted by Gasteiger charge is 2.18. The van der Waals surface area contributed by atoms with E-state index in [0.717, 1.165) is 12.2 Å². The molecule has 0 spiro atoms. The first kappa shape index (κ1) is 14.6. The Labute approximate surface area is 110 Å². The molecule has 0 saturated heterocycles. The number of nitrogens with one attached hydrogen (secondary N) is 1. The van der Waals surface area contributed by atoms with Gasteiger partial charge in [0.2, 0.25) is 11.7 Å². The van der Waals surface area contributed by atoms with Gasteiger partial charge >= 0.3 is 5.69 Å². The molecule has 1 N–H and O–H groups in total. The molecule has 7 heteroatoms. The third-order valence-electron chi connectivity index (χ3n) is 2.46. The lowest BCUT2D eigenvalue weighted by Crippen LogP contribution is -2.22. The molecule has 0 aliphatic carbocycles. The number of hydrogen-bond acceptors (Lipinski definition) is 6. The van der Waals surface area contributed by atoms with E-state index in [1.54, 1.807) is 11.8 Å². The van der Waals surface area contributed by atoms with Gasteiger partial charge in [0.25, 0.3) is 0 Å². The lowest BCUT2D eigenvalue weighted by molar-refractivity contribution is -0.384. The first-order valence-electron chi connectivity index (χ1n) is 5.57. The molecule has 100 valence electrons. The van der Waals surface area contributed by atoms with Crippen molar-refractivity contribution in [2.45, 2.75) is 19.4 Å². The summed E-state index contributed by atoms with van der Waals surface area (Å²) in [5.74, 6) is 1.49. The fraction of sp³-hybridized carbons (Fsp3) is 0.545. The van der Waals surface area contributed by atoms with Gasteiger partial charge in [-0.3, -0.25) is 10.1 Å². The molecular formula is C11H17N3O3S. The monoisotopic (exact) mass is 271 g/mol. The molecule has 18 heavy (non-hydrogen) atoms. The van der Waals surface area contributed by atoms with E-state index in [4.69, 9.17) is 4.74 Å². The fourth-order valence-corrected chi connectivity index (χ4v) is 2.18. The summed E-state index contributed by atoms with van der Waals surface area (Å²) in [4.78, 5) is 14.6. The SMILES string of the molecule is CCC(CSC)Nc1nc(OC)ccc1[N+](=O)[O-]. The normalized spacial score (nSPS) is 11.9. The Balaban J connectivity index is 2.99. The lowest BCUT2D eigenvalue weighted by Gasteiger charge is -2.16. The number of nitro groups is 1. The minimum Gasteiger partial charge on any atom is -0.481 e. The molecule has 0 bridgehead atoms. The van der Waals surface area contributed by atoms with Crippen LogP contribution in [0.15, 0.2) is 12.1 Å². The molecule has 0 aromatic carbocycles. The lowest BCUT2D eigenvalue weighted by atomic mass is 10.2. The Hall–Kier alpha value is -1.50. The zero-order valence-electron chi connectivity index (χ0n) is 10.7. The molecule has 0 aliphatic rings. The highest BCUT2D eigenvalue weighted by Crippen LogP contribution is 2.26. The van der Waals surface area contributed by atoms with Crippen LogP contribution in [0.25, 0.3) is 0 Å². The van der Waals surface area contributed by atoms with Crippen molar-refractivity contribution in [3.8, 4) is 5.88 Å². The molecule has 0 aliphatic heterocycles. The molecule has 6 nitrogen and oxygen atoms in total. The van der Waals surface area contributed by atoms with Gasteiger partial charge in [0.1, 0.15) is 0 Å². The molecule has 0 fully saturated rings. The van der Waals surface area contributed by atoms with Gasteiger partial charge in [-0.25, -0.2) is 0 Å². The van der Waals surface area contributed by atoms with Gasteiger partial charge in [0.15, 0.2) is 0 Å². The number of nitrogens with zero attached hydrogens (tertiary/aromatic N) is 2. The van der Waals surface area contributed by atoms with Crippen LogP contribution in [0.3, 0.4) is 0 Å². The summed E-state index contributed by atoms with van der Waals surface area (Å²) in [5, 5.41) is 14.0. The quantitative estimate of drug-likeness (QED) is 0.606. The molecule has 1 aromatic rings.